The van der Waals surface area contributed by atoms with Gasteiger partial charge in [-0.1, -0.05) is 60.7 Å². The van der Waals surface area contributed by atoms with Gasteiger partial charge in [0.25, 0.3) is 0 Å². The van der Waals surface area contributed by atoms with Crippen LogP contribution in [0.1, 0.15) is 11.1 Å². The standard InChI is InChI=1S/C27H24N2O4S/c1-33-22-13-15-23(16-14-22)34(31,32)29-18-21-9-3-2-8-20(21)17-26(29)27(30)28-25-12-6-10-19-7-4-5-11-24(19)25/h2-16,26H,17-18H2,1H3,(H,28,30). The Labute approximate surface area is 198 Å². The van der Waals surface area contributed by atoms with E-state index in [1.54, 1.807) is 12.1 Å². The molecule has 0 aliphatic carbocycles. The van der Waals surface area contributed by atoms with Gasteiger partial charge in [-0.2, -0.15) is 4.31 Å². The molecule has 0 aromatic heterocycles. The number of rotatable bonds is 5. The van der Waals surface area contributed by atoms with Crippen LogP contribution in [0.2, 0.25) is 0 Å². The van der Waals surface area contributed by atoms with Crippen LogP contribution in [-0.4, -0.2) is 31.8 Å². The minimum Gasteiger partial charge on any atom is -0.497 e. The normalized spacial score (nSPS) is 16.1. The smallest absolute Gasteiger partial charge is 0.244 e. The van der Waals surface area contributed by atoms with Gasteiger partial charge in [0.2, 0.25) is 15.9 Å². The third-order valence-corrected chi connectivity index (χ3v) is 8.09. The maximum Gasteiger partial charge on any atom is 0.244 e. The summed E-state index contributed by atoms with van der Waals surface area (Å²) in [5, 5.41) is 4.89. The van der Waals surface area contributed by atoms with Crippen LogP contribution in [0.25, 0.3) is 10.8 Å². The second-order valence-electron chi connectivity index (χ2n) is 8.23. The van der Waals surface area contributed by atoms with Crippen molar-refractivity contribution in [2.75, 3.05) is 12.4 Å². The van der Waals surface area contributed by atoms with E-state index in [1.807, 2.05) is 66.7 Å². The maximum absolute atomic E-state index is 13.7. The van der Waals surface area contributed by atoms with Gasteiger partial charge in [-0.15, -0.1) is 0 Å². The second kappa shape index (κ2) is 8.93. The SMILES string of the molecule is COc1ccc(S(=O)(=O)N2Cc3ccccc3CC2C(=O)Nc2cccc3ccccc23)cc1. The molecule has 5 rings (SSSR count). The number of carbonyl (C=O) groups is 1. The lowest BCUT2D eigenvalue weighted by Crippen LogP contribution is -2.50. The molecule has 7 heteroatoms. The summed E-state index contributed by atoms with van der Waals surface area (Å²) in [5.74, 6) is 0.205. The molecule has 1 amide bonds. The monoisotopic (exact) mass is 472 g/mol. The van der Waals surface area contributed by atoms with Crippen LogP contribution in [0.4, 0.5) is 5.69 Å². The van der Waals surface area contributed by atoms with Crippen LogP contribution in [0.15, 0.2) is 95.9 Å². The zero-order chi connectivity index (χ0) is 23.7. The summed E-state index contributed by atoms with van der Waals surface area (Å²) >= 11 is 0. The molecule has 4 aromatic rings. The zero-order valence-electron chi connectivity index (χ0n) is 18.6. The molecule has 0 bridgehead atoms. The van der Waals surface area contributed by atoms with Gasteiger partial charge in [0.15, 0.2) is 0 Å². The third kappa shape index (κ3) is 4.04. The van der Waals surface area contributed by atoms with Crippen molar-refractivity contribution in [3.05, 3.63) is 102 Å². The Bertz CT molecular complexity index is 1460. The molecule has 0 spiro atoms. The van der Waals surface area contributed by atoms with Gasteiger partial charge < -0.3 is 10.1 Å². The molecule has 34 heavy (non-hydrogen) atoms. The number of ether oxygens (including phenoxy) is 1. The third-order valence-electron chi connectivity index (χ3n) is 6.22. The van der Waals surface area contributed by atoms with Gasteiger partial charge >= 0.3 is 0 Å². The number of sulfonamides is 1. The van der Waals surface area contributed by atoms with Crippen LogP contribution in [0.5, 0.6) is 5.75 Å². The number of benzene rings is 4. The molecule has 1 aliphatic heterocycles. The molecule has 4 aromatic carbocycles. The summed E-state index contributed by atoms with van der Waals surface area (Å²) in [6.45, 7) is 0.123. The summed E-state index contributed by atoms with van der Waals surface area (Å²) in [6.07, 6.45) is 0.294. The van der Waals surface area contributed by atoms with Crippen molar-refractivity contribution in [3.63, 3.8) is 0 Å². The number of nitrogens with zero attached hydrogens (tertiary/aromatic N) is 1. The topological polar surface area (TPSA) is 75.7 Å². The fraction of sp³-hybridized carbons (Fsp3) is 0.148. The number of methoxy groups -OCH3 is 1. The molecule has 0 saturated heterocycles. The summed E-state index contributed by atoms with van der Waals surface area (Å²) in [7, 11) is -2.42. The van der Waals surface area contributed by atoms with Crippen molar-refractivity contribution >= 4 is 32.4 Å². The lowest BCUT2D eigenvalue weighted by atomic mass is 9.95. The molecular formula is C27H24N2O4S. The molecule has 0 saturated carbocycles. The molecule has 0 fully saturated rings. The van der Waals surface area contributed by atoms with Crippen LogP contribution < -0.4 is 10.1 Å². The highest BCUT2D eigenvalue weighted by Gasteiger charge is 2.39. The van der Waals surface area contributed by atoms with Crippen molar-refractivity contribution in [3.8, 4) is 5.75 Å². The number of hydrogen-bond acceptors (Lipinski definition) is 4. The highest BCUT2D eigenvalue weighted by molar-refractivity contribution is 7.89. The molecule has 1 heterocycles. The van der Waals surface area contributed by atoms with E-state index in [9.17, 15) is 13.2 Å². The first-order valence-corrected chi connectivity index (χ1v) is 12.4. The fourth-order valence-corrected chi connectivity index (χ4v) is 5.97. The lowest BCUT2D eigenvalue weighted by Gasteiger charge is -2.35. The lowest BCUT2D eigenvalue weighted by molar-refractivity contribution is -0.120. The predicted molar refractivity (Wildman–Crippen MR) is 132 cm³/mol. The van der Waals surface area contributed by atoms with Crippen LogP contribution in [-0.2, 0) is 27.8 Å². The molecular weight excluding hydrogens is 448 g/mol. The zero-order valence-corrected chi connectivity index (χ0v) is 19.5. The first-order valence-electron chi connectivity index (χ1n) is 11.0. The molecule has 1 N–H and O–H groups in total. The van der Waals surface area contributed by atoms with E-state index in [4.69, 9.17) is 4.74 Å². The van der Waals surface area contributed by atoms with E-state index in [2.05, 4.69) is 5.32 Å². The Hall–Kier alpha value is -3.68. The number of amides is 1. The summed E-state index contributed by atoms with van der Waals surface area (Å²) in [6, 6.07) is 26.4. The Morgan fingerprint density at radius 1 is 0.882 bits per heavy atom. The van der Waals surface area contributed by atoms with E-state index in [0.717, 1.165) is 21.9 Å². The second-order valence-corrected chi connectivity index (χ2v) is 10.1. The van der Waals surface area contributed by atoms with Crippen molar-refractivity contribution < 1.29 is 17.9 Å². The van der Waals surface area contributed by atoms with Crippen molar-refractivity contribution in [1.29, 1.82) is 0 Å². The minimum atomic E-state index is -3.94. The maximum atomic E-state index is 13.7. The number of anilines is 1. The summed E-state index contributed by atoms with van der Waals surface area (Å²) in [5.41, 5.74) is 2.53. The molecule has 0 radical (unpaired) electrons. The first kappa shape index (κ1) is 22.1. The van der Waals surface area contributed by atoms with Gasteiger partial charge in [0.1, 0.15) is 11.8 Å². The van der Waals surface area contributed by atoms with Crippen LogP contribution >= 0.6 is 0 Å². The quantitative estimate of drug-likeness (QED) is 0.461. The van der Waals surface area contributed by atoms with Gasteiger partial charge in [0, 0.05) is 17.6 Å². The van der Waals surface area contributed by atoms with Gasteiger partial charge in [0.05, 0.1) is 12.0 Å². The number of fused-ring (bicyclic) bond motifs is 2. The Balaban J connectivity index is 1.53. The van der Waals surface area contributed by atoms with Crippen LogP contribution in [0.3, 0.4) is 0 Å². The predicted octanol–water partition coefficient (Wildman–Crippen LogP) is 4.60. The molecule has 6 nitrogen and oxygen atoms in total. The average Bonchev–Trinajstić information content (AvgIpc) is 2.88. The van der Waals surface area contributed by atoms with Gasteiger partial charge in [-0.05, 0) is 53.3 Å². The van der Waals surface area contributed by atoms with Crippen molar-refractivity contribution in [2.24, 2.45) is 0 Å². The summed E-state index contributed by atoms with van der Waals surface area (Å²) in [4.78, 5) is 13.7. The van der Waals surface area contributed by atoms with E-state index >= 15 is 0 Å². The molecule has 1 atom stereocenters. The van der Waals surface area contributed by atoms with E-state index in [-0.39, 0.29) is 17.3 Å². The van der Waals surface area contributed by atoms with Crippen molar-refractivity contribution in [1.82, 2.24) is 4.31 Å². The molecule has 1 aliphatic rings. The Kier molecular flexibility index (Phi) is 5.81. The Morgan fingerprint density at radius 3 is 2.32 bits per heavy atom. The van der Waals surface area contributed by atoms with Crippen molar-refractivity contribution in [2.45, 2.75) is 23.9 Å². The van der Waals surface area contributed by atoms with Crippen LogP contribution in [0, 0.1) is 0 Å². The summed E-state index contributed by atoms with van der Waals surface area (Å²) < 4.78 is 33.8. The van der Waals surface area contributed by atoms with E-state index in [0.29, 0.717) is 17.9 Å². The van der Waals surface area contributed by atoms with E-state index < -0.39 is 16.1 Å². The first-order chi connectivity index (χ1) is 16.5. The largest absolute Gasteiger partial charge is 0.497 e. The number of nitrogens with one attached hydrogen (secondary N) is 1. The average molecular weight is 473 g/mol. The fourth-order valence-electron chi connectivity index (χ4n) is 4.41. The number of carbonyl (C=O) groups excluding carboxylic acids is 1. The van der Waals surface area contributed by atoms with Gasteiger partial charge in [-0.25, -0.2) is 8.42 Å². The highest BCUT2D eigenvalue weighted by atomic mass is 32.2. The Morgan fingerprint density at radius 2 is 1.56 bits per heavy atom. The minimum absolute atomic E-state index is 0.121. The van der Waals surface area contributed by atoms with E-state index in [1.165, 1.54) is 23.5 Å². The number of hydrogen-bond donors (Lipinski definition) is 1. The van der Waals surface area contributed by atoms with Gasteiger partial charge in [-0.3, -0.25) is 4.79 Å². The molecule has 172 valence electrons. The highest BCUT2D eigenvalue weighted by Crippen LogP contribution is 2.31. The molecule has 1 unspecified atom stereocenters.